The molecule has 9 heteroatoms. The average Bonchev–Trinajstić information content (AvgIpc) is 3.37. The molecule has 0 bridgehead atoms. The number of thiazole rings is 1. The molecule has 1 aromatic carbocycles. The van der Waals surface area contributed by atoms with E-state index in [4.69, 9.17) is 4.74 Å². The largest absolute Gasteiger partial charge is 0.487 e. The van der Waals surface area contributed by atoms with Crippen molar-refractivity contribution in [3.05, 3.63) is 58.2 Å². The number of aryl methyl sites for hydroxylation is 1. The zero-order valence-electron chi connectivity index (χ0n) is 17.1. The Morgan fingerprint density at radius 1 is 1.27 bits per heavy atom. The van der Waals surface area contributed by atoms with Crippen molar-refractivity contribution in [2.45, 2.75) is 39.8 Å². The van der Waals surface area contributed by atoms with E-state index in [0.717, 1.165) is 10.7 Å². The molecule has 2 aromatic heterocycles. The maximum atomic E-state index is 12.8. The van der Waals surface area contributed by atoms with Crippen molar-refractivity contribution in [3.8, 4) is 5.75 Å². The number of amides is 2. The van der Waals surface area contributed by atoms with Crippen molar-refractivity contribution in [2.24, 2.45) is 5.92 Å². The van der Waals surface area contributed by atoms with Gasteiger partial charge in [-0.25, -0.2) is 4.98 Å². The van der Waals surface area contributed by atoms with Gasteiger partial charge in [0.25, 0.3) is 5.91 Å². The van der Waals surface area contributed by atoms with Crippen LogP contribution in [0.15, 0.2) is 41.9 Å². The standard InChI is InChI=1S/C21H25N5O3S/c1-13(2)9-18(21(28)25-19-7-8-22-26-19)24-20(27)15-5-4-6-17(10-15)29-11-16-12-30-14(3)23-16/h4-8,10,12-13,18H,9,11H2,1-3H3,(H,24,27)(H2,22,25,26,28). The molecule has 3 N–H and O–H groups in total. The van der Waals surface area contributed by atoms with Gasteiger partial charge in [0, 0.05) is 17.0 Å². The zero-order chi connectivity index (χ0) is 21.5. The maximum Gasteiger partial charge on any atom is 0.252 e. The zero-order valence-corrected chi connectivity index (χ0v) is 18.0. The third-order valence-corrected chi connectivity index (χ3v) is 5.06. The minimum atomic E-state index is -0.677. The monoisotopic (exact) mass is 427 g/mol. The van der Waals surface area contributed by atoms with Gasteiger partial charge in [-0.2, -0.15) is 5.10 Å². The molecular formula is C21H25N5O3S. The molecule has 1 unspecified atom stereocenters. The molecule has 0 aliphatic carbocycles. The number of carbonyl (C=O) groups excluding carboxylic acids is 2. The fourth-order valence-corrected chi connectivity index (χ4v) is 3.45. The lowest BCUT2D eigenvalue weighted by molar-refractivity contribution is -0.118. The predicted molar refractivity (Wildman–Crippen MR) is 116 cm³/mol. The van der Waals surface area contributed by atoms with E-state index in [2.05, 4.69) is 25.8 Å². The van der Waals surface area contributed by atoms with Crippen LogP contribution in [0.3, 0.4) is 0 Å². The van der Waals surface area contributed by atoms with Crippen LogP contribution in [0.4, 0.5) is 5.82 Å². The molecule has 3 rings (SSSR count). The van der Waals surface area contributed by atoms with E-state index in [1.54, 1.807) is 47.9 Å². The summed E-state index contributed by atoms with van der Waals surface area (Å²) in [4.78, 5) is 29.8. The van der Waals surface area contributed by atoms with Crippen molar-refractivity contribution < 1.29 is 14.3 Å². The molecule has 0 saturated carbocycles. The Bertz CT molecular complexity index is 984. The van der Waals surface area contributed by atoms with E-state index in [-0.39, 0.29) is 17.7 Å². The van der Waals surface area contributed by atoms with Gasteiger partial charge < -0.3 is 15.4 Å². The van der Waals surface area contributed by atoms with Crippen molar-refractivity contribution in [1.82, 2.24) is 20.5 Å². The summed E-state index contributed by atoms with van der Waals surface area (Å²) in [6.45, 7) is 6.27. The van der Waals surface area contributed by atoms with E-state index < -0.39 is 6.04 Å². The van der Waals surface area contributed by atoms with Gasteiger partial charge in [-0.3, -0.25) is 14.7 Å². The Kier molecular flexibility index (Phi) is 7.18. The first-order chi connectivity index (χ1) is 14.4. The fraction of sp³-hybridized carbons (Fsp3) is 0.333. The van der Waals surface area contributed by atoms with Gasteiger partial charge >= 0.3 is 0 Å². The van der Waals surface area contributed by atoms with Crippen LogP contribution in [-0.4, -0.2) is 33.0 Å². The second-order valence-electron chi connectivity index (χ2n) is 7.29. The normalized spacial score (nSPS) is 11.9. The number of aromatic nitrogens is 3. The first kappa shape index (κ1) is 21.5. The Morgan fingerprint density at radius 3 is 2.77 bits per heavy atom. The number of ether oxygens (including phenoxy) is 1. The number of anilines is 1. The van der Waals surface area contributed by atoms with Crippen molar-refractivity contribution in [1.29, 1.82) is 0 Å². The van der Waals surface area contributed by atoms with Gasteiger partial charge in [-0.15, -0.1) is 11.3 Å². The number of hydrogen-bond donors (Lipinski definition) is 3. The van der Waals surface area contributed by atoms with Gasteiger partial charge in [-0.05, 0) is 37.5 Å². The highest BCUT2D eigenvalue weighted by Gasteiger charge is 2.23. The molecule has 2 amide bonds. The Morgan fingerprint density at radius 2 is 2.10 bits per heavy atom. The van der Waals surface area contributed by atoms with E-state index in [1.807, 2.05) is 26.2 Å². The summed E-state index contributed by atoms with van der Waals surface area (Å²) in [6.07, 6.45) is 2.05. The highest BCUT2D eigenvalue weighted by molar-refractivity contribution is 7.09. The van der Waals surface area contributed by atoms with Crippen LogP contribution in [0.5, 0.6) is 5.75 Å². The summed E-state index contributed by atoms with van der Waals surface area (Å²) in [5.41, 5.74) is 1.27. The van der Waals surface area contributed by atoms with Gasteiger partial charge in [0.1, 0.15) is 24.2 Å². The molecule has 1 atom stereocenters. The highest BCUT2D eigenvalue weighted by atomic mass is 32.1. The highest BCUT2D eigenvalue weighted by Crippen LogP contribution is 2.17. The second kappa shape index (κ2) is 10.0. The minimum absolute atomic E-state index is 0.221. The lowest BCUT2D eigenvalue weighted by Gasteiger charge is -2.20. The third kappa shape index (κ3) is 6.15. The molecule has 158 valence electrons. The number of benzene rings is 1. The Hall–Kier alpha value is -3.20. The first-order valence-corrected chi connectivity index (χ1v) is 10.5. The van der Waals surface area contributed by atoms with Crippen LogP contribution in [0.1, 0.15) is 41.3 Å². The first-order valence-electron chi connectivity index (χ1n) is 9.65. The van der Waals surface area contributed by atoms with E-state index in [9.17, 15) is 9.59 Å². The van der Waals surface area contributed by atoms with Crippen LogP contribution in [0.2, 0.25) is 0 Å². The summed E-state index contributed by atoms with van der Waals surface area (Å²) in [5.74, 6) is 0.633. The van der Waals surface area contributed by atoms with Gasteiger partial charge in [0.2, 0.25) is 5.91 Å². The van der Waals surface area contributed by atoms with Crippen molar-refractivity contribution >= 4 is 29.0 Å². The number of aromatic amines is 1. The maximum absolute atomic E-state index is 12.8. The van der Waals surface area contributed by atoms with Gasteiger partial charge in [0.15, 0.2) is 0 Å². The Balaban J connectivity index is 1.64. The summed E-state index contributed by atoms with van der Waals surface area (Å²) in [6, 6.07) is 7.85. The van der Waals surface area contributed by atoms with E-state index >= 15 is 0 Å². The number of H-pyrrole nitrogens is 1. The van der Waals surface area contributed by atoms with E-state index in [1.165, 1.54) is 0 Å². The van der Waals surface area contributed by atoms with Gasteiger partial charge in [0.05, 0.1) is 16.9 Å². The lowest BCUT2D eigenvalue weighted by atomic mass is 10.0. The predicted octanol–water partition coefficient (Wildman–Crippen LogP) is 3.54. The number of nitrogens with one attached hydrogen (secondary N) is 3. The summed E-state index contributed by atoms with van der Waals surface area (Å²) < 4.78 is 5.76. The molecule has 30 heavy (non-hydrogen) atoms. The molecule has 8 nitrogen and oxygen atoms in total. The molecule has 0 aliphatic heterocycles. The Labute approximate surface area is 179 Å². The van der Waals surface area contributed by atoms with Crippen LogP contribution in [0, 0.1) is 12.8 Å². The number of nitrogens with zero attached hydrogens (tertiary/aromatic N) is 2. The smallest absolute Gasteiger partial charge is 0.252 e. The van der Waals surface area contributed by atoms with Crippen LogP contribution >= 0.6 is 11.3 Å². The number of hydrogen-bond acceptors (Lipinski definition) is 6. The second-order valence-corrected chi connectivity index (χ2v) is 8.35. The molecule has 0 radical (unpaired) electrons. The van der Waals surface area contributed by atoms with Crippen LogP contribution in [-0.2, 0) is 11.4 Å². The fourth-order valence-electron chi connectivity index (χ4n) is 2.85. The quantitative estimate of drug-likeness (QED) is 0.484. The van der Waals surface area contributed by atoms with Gasteiger partial charge in [-0.1, -0.05) is 19.9 Å². The third-order valence-electron chi connectivity index (χ3n) is 4.24. The van der Waals surface area contributed by atoms with Crippen LogP contribution in [0.25, 0.3) is 0 Å². The SMILES string of the molecule is Cc1nc(COc2cccc(C(=O)NC(CC(C)C)C(=O)Nc3ccn[nH]3)c2)cs1. The topological polar surface area (TPSA) is 109 Å². The van der Waals surface area contributed by atoms with Crippen molar-refractivity contribution in [3.63, 3.8) is 0 Å². The molecule has 0 fully saturated rings. The lowest BCUT2D eigenvalue weighted by Crippen LogP contribution is -2.44. The number of carbonyl (C=O) groups is 2. The molecule has 3 aromatic rings. The molecule has 0 saturated heterocycles. The molecule has 2 heterocycles. The van der Waals surface area contributed by atoms with Crippen LogP contribution < -0.4 is 15.4 Å². The van der Waals surface area contributed by atoms with E-state index in [0.29, 0.717) is 30.2 Å². The average molecular weight is 428 g/mol. The minimum Gasteiger partial charge on any atom is -0.487 e. The molecular weight excluding hydrogens is 402 g/mol. The molecule has 0 aliphatic rings. The summed E-state index contributed by atoms with van der Waals surface area (Å²) in [5, 5.41) is 15.0. The summed E-state index contributed by atoms with van der Waals surface area (Å²) >= 11 is 1.56. The number of rotatable bonds is 9. The molecule has 0 spiro atoms. The van der Waals surface area contributed by atoms with Crippen molar-refractivity contribution in [2.75, 3.05) is 5.32 Å². The summed E-state index contributed by atoms with van der Waals surface area (Å²) in [7, 11) is 0.